The molecule has 2 aromatic carbocycles. The Morgan fingerprint density at radius 3 is 2.42 bits per heavy atom. The van der Waals surface area contributed by atoms with E-state index in [2.05, 4.69) is 4.90 Å². The van der Waals surface area contributed by atoms with Crippen LogP contribution in [0.5, 0.6) is 5.75 Å². The van der Waals surface area contributed by atoms with Crippen molar-refractivity contribution < 1.29 is 13.5 Å². The maximum absolute atomic E-state index is 12.5. The smallest absolute Gasteiger partial charge is 0.179 e. The van der Waals surface area contributed by atoms with Crippen molar-refractivity contribution in [2.45, 2.75) is 23.8 Å². The lowest BCUT2D eigenvalue weighted by Gasteiger charge is -2.24. The molecule has 0 saturated carbocycles. The van der Waals surface area contributed by atoms with Gasteiger partial charge in [0.2, 0.25) is 0 Å². The van der Waals surface area contributed by atoms with Crippen molar-refractivity contribution in [3.8, 4) is 5.75 Å². The lowest BCUT2D eigenvalue weighted by Crippen LogP contribution is -2.29. The minimum absolute atomic E-state index is 0.0865. The Bertz CT molecular complexity index is 788. The number of aromatic hydroxyl groups is 1. The minimum Gasteiger partial charge on any atom is -0.508 e. The normalized spacial score (nSPS) is 18.8. The highest BCUT2D eigenvalue weighted by Gasteiger charge is 2.27. The Hall–Kier alpha value is -1.56. The predicted octanol–water partition coefficient (Wildman–Crippen LogP) is 3.66. The van der Waals surface area contributed by atoms with E-state index in [1.807, 2.05) is 12.1 Å². The maximum Gasteiger partial charge on any atom is 0.179 e. The largest absolute Gasteiger partial charge is 0.508 e. The molecule has 24 heavy (non-hydrogen) atoms. The number of phenols is 1. The number of nitrogens with zero attached hydrogens (tertiary/aromatic N) is 1. The zero-order valence-corrected chi connectivity index (χ0v) is 14.8. The van der Waals surface area contributed by atoms with Crippen LogP contribution in [0.4, 0.5) is 0 Å². The van der Waals surface area contributed by atoms with Crippen LogP contribution < -0.4 is 0 Å². The number of hydrogen-bond acceptors (Lipinski definition) is 4. The van der Waals surface area contributed by atoms with Gasteiger partial charge >= 0.3 is 0 Å². The lowest BCUT2D eigenvalue weighted by atomic mass is 10.0. The van der Waals surface area contributed by atoms with Gasteiger partial charge in [-0.3, -0.25) is 4.90 Å². The molecule has 1 saturated heterocycles. The molecule has 128 valence electrons. The van der Waals surface area contributed by atoms with Crippen LogP contribution in [0.1, 0.15) is 24.4 Å². The summed E-state index contributed by atoms with van der Waals surface area (Å²) in [6.07, 6.45) is 2.05. The third kappa shape index (κ3) is 3.91. The molecule has 0 amide bonds. The molecule has 0 aliphatic carbocycles. The Kier molecular flexibility index (Phi) is 5.13. The first-order chi connectivity index (χ1) is 11.5. The van der Waals surface area contributed by atoms with E-state index >= 15 is 0 Å². The van der Waals surface area contributed by atoms with E-state index in [1.54, 1.807) is 36.4 Å². The van der Waals surface area contributed by atoms with Gasteiger partial charge in [0.25, 0.3) is 0 Å². The van der Waals surface area contributed by atoms with Gasteiger partial charge in [-0.15, -0.1) is 0 Å². The SMILES string of the molecule is O=S(=O)(CCN1CCCC1c1ccc(O)cc1)c1ccc(Cl)cc1. The van der Waals surface area contributed by atoms with Gasteiger partial charge in [0.1, 0.15) is 5.75 Å². The highest BCUT2D eigenvalue weighted by atomic mass is 35.5. The van der Waals surface area contributed by atoms with Crippen LogP contribution in [0.3, 0.4) is 0 Å². The second-order valence-electron chi connectivity index (χ2n) is 6.06. The first-order valence-corrected chi connectivity index (χ1v) is 10.00. The molecule has 0 radical (unpaired) electrons. The first kappa shape index (κ1) is 17.3. The van der Waals surface area contributed by atoms with E-state index in [4.69, 9.17) is 11.6 Å². The van der Waals surface area contributed by atoms with Crippen molar-refractivity contribution in [2.24, 2.45) is 0 Å². The van der Waals surface area contributed by atoms with Crippen molar-refractivity contribution in [3.05, 3.63) is 59.1 Å². The van der Waals surface area contributed by atoms with Gasteiger partial charge in [-0.2, -0.15) is 0 Å². The van der Waals surface area contributed by atoms with Crippen LogP contribution in [0.2, 0.25) is 5.02 Å². The fourth-order valence-corrected chi connectivity index (χ4v) is 4.55. The summed E-state index contributed by atoms with van der Waals surface area (Å²) in [6, 6.07) is 13.7. The molecule has 1 aliphatic rings. The van der Waals surface area contributed by atoms with E-state index in [9.17, 15) is 13.5 Å². The minimum atomic E-state index is -3.32. The molecule has 4 nitrogen and oxygen atoms in total. The van der Waals surface area contributed by atoms with Crippen LogP contribution in [0, 0.1) is 0 Å². The summed E-state index contributed by atoms with van der Waals surface area (Å²) >= 11 is 5.82. The maximum atomic E-state index is 12.5. The van der Waals surface area contributed by atoms with Crippen LogP contribution in [-0.2, 0) is 9.84 Å². The fourth-order valence-electron chi connectivity index (χ4n) is 3.16. The summed E-state index contributed by atoms with van der Waals surface area (Å²) in [4.78, 5) is 2.52. The molecule has 1 unspecified atom stereocenters. The van der Waals surface area contributed by atoms with Crippen molar-refractivity contribution in [2.75, 3.05) is 18.8 Å². The van der Waals surface area contributed by atoms with Crippen LogP contribution in [0.15, 0.2) is 53.4 Å². The van der Waals surface area contributed by atoms with Crippen molar-refractivity contribution >= 4 is 21.4 Å². The third-order valence-electron chi connectivity index (χ3n) is 4.46. The van der Waals surface area contributed by atoms with E-state index in [0.29, 0.717) is 16.5 Å². The third-order valence-corrected chi connectivity index (χ3v) is 6.42. The predicted molar refractivity (Wildman–Crippen MR) is 95.2 cm³/mol. The number of hydrogen-bond donors (Lipinski definition) is 1. The summed E-state index contributed by atoms with van der Waals surface area (Å²) in [5.41, 5.74) is 1.12. The van der Waals surface area contributed by atoms with Gasteiger partial charge in [-0.05, 0) is 61.3 Å². The second-order valence-corrected chi connectivity index (χ2v) is 8.60. The van der Waals surface area contributed by atoms with E-state index in [-0.39, 0.29) is 17.5 Å². The topological polar surface area (TPSA) is 57.6 Å². The quantitative estimate of drug-likeness (QED) is 0.878. The molecule has 1 atom stereocenters. The molecule has 2 aromatic rings. The zero-order chi connectivity index (χ0) is 17.2. The molecule has 6 heteroatoms. The molecule has 1 fully saturated rings. The monoisotopic (exact) mass is 365 g/mol. The molecule has 3 rings (SSSR count). The molecule has 1 N–H and O–H groups in total. The summed E-state index contributed by atoms with van der Waals surface area (Å²) in [6.45, 7) is 1.39. The Balaban J connectivity index is 1.68. The number of sulfone groups is 1. The number of likely N-dealkylation sites (tertiary alicyclic amines) is 1. The van der Waals surface area contributed by atoms with Crippen LogP contribution in [0.25, 0.3) is 0 Å². The van der Waals surface area contributed by atoms with Crippen LogP contribution in [-0.4, -0.2) is 37.3 Å². The van der Waals surface area contributed by atoms with E-state index in [0.717, 1.165) is 24.9 Å². The molecular formula is C18H20ClNO3S. The summed E-state index contributed by atoms with van der Waals surface area (Å²) < 4.78 is 25.0. The Morgan fingerprint density at radius 2 is 1.75 bits per heavy atom. The molecular weight excluding hydrogens is 346 g/mol. The lowest BCUT2D eigenvalue weighted by molar-refractivity contribution is 0.272. The first-order valence-electron chi connectivity index (χ1n) is 7.97. The van der Waals surface area contributed by atoms with E-state index < -0.39 is 9.84 Å². The van der Waals surface area contributed by atoms with Gasteiger partial charge in [-0.25, -0.2) is 8.42 Å². The average Bonchev–Trinajstić information content (AvgIpc) is 3.03. The number of phenolic OH excluding ortho intramolecular Hbond substituents is 1. The van der Waals surface area contributed by atoms with Crippen molar-refractivity contribution in [1.82, 2.24) is 4.90 Å². The number of halogens is 1. The molecule has 1 aliphatic heterocycles. The number of rotatable bonds is 5. The highest BCUT2D eigenvalue weighted by molar-refractivity contribution is 7.91. The molecule has 0 bridgehead atoms. The molecule has 0 aromatic heterocycles. The zero-order valence-electron chi connectivity index (χ0n) is 13.2. The summed E-state index contributed by atoms with van der Waals surface area (Å²) in [5.74, 6) is 0.331. The van der Waals surface area contributed by atoms with Gasteiger partial charge in [0.15, 0.2) is 9.84 Å². The van der Waals surface area contributed by atoms with E-state index in [1.165, 1.54) is 0 Å². The number of benzene rings is 2. The average molecular weight is 366 g/mol. The Labute approximate surface area is 147 Å². The fraction of sp³-hybridized carbons (Fsp3) is 0.333. The standard InChI is InChI=1S/C18H20ClNO3S/c19-15-5-9-17(10-6-15)24(22,23)13-12-20-11-1-2-18(20)14-3-7-16(21)8-4-14/h3-10,18,21H,1-2,11-13H2. The van der Waals surface area contributed by atoms with Crippen molar-refractivity contribution in [1.29, 1.82) is 0 Å². The Morgan fingerprint density at radius 1 is 1.08 bits per heavy atom. The summed E-state index contributed by atoms with van der Waals surface area (Å²) in [5, 5.41) is 9.95. The van der Waals surface area contributed by atoms with Gasteiger partial charge in [0.05, 0.1) is 10.6 Å². The molecule has 0 spiro atoms. The van der Waals surface area contributed by atoms with Gasteiger partial charge < -0.3 is 5.11 Å². The van der Waals surface area contributed by atoms with Gasteiger partial charge in [0, 0.05) is 17.6 Å². The second kappa shape index (κ2) is 7.13. The van der Waals surface area contributed by atoms with Crippen LogP contribution >= 0.6 is 11.6 Å². The molecule has 1 heterocycles. The highest BCUT2D eigenvalue weighted by Crippen LogP contribution is 2.32. The van der Waals surface area contributed by atoms with Gasteiger partial charge in [-0.1, -0.05) is 23.7 Å². The van der Waals surface area contributed by atoms with Crippen molar-refractivity contribution in [3.63, 3.8) is 0 Å². The summed E-state index contributed by atoms with van der Waals surface area (Å²) in [7, 11) is -3.32.